The summed E-state index contributed by atoms with van der Waals surface area (Å²) >= 11 is 0. The molecule has 1 aliphatic heterocycles. The van der Waals surface area contributed by atoms with Crippen LogP contribution in [0.3, 0.4) is 0 Å². The zero-order valence-electron chi connectivity index (χ0n) is 18.8. The summed E-state index contributed by atoms with van der Waals surface area (Å²) < 4.78 is 56.7. The first kappa shape index (κ1) is 26.4. The second-order valence-corrected chi connectivity index (χ2v) is 10.0. The van der Waals surface area contributed by atoms with Gasteiger partial charge in [-0.1, -0.05) is 36.4 Å². The van der Waals surface area contributed by atoms with Crippen molar-refractivity contribution in [1.82, 2.24) is 9.62 Å². The fourth-order valence-electron chi connectivity index (χ4n) is 3.90. The number of ketones is 1. The molecule has 187 valence electrons. The molecule has 11 heteroatoms. The Bertz CT molecular complexity index is 1190. The predicted octanol–water partition coefficient (Wildman–Crippen LogP) is 2.10. The van der Waals surface area contributed by atoms with E-state index in [1.165, 1.54) is 48.5 Å². The summed E-state index contributed by atoms with van der Waals surface area (Å²) in [5.74, 6) is -6.08. The number of hydrogen-bond donors (Lipinski definition) is 2. The van der Waals surface area contributed by atoms with Gasteiger partial charge in [0.05, 0.1) is 17.9 Å². The highest BCUT2D eigenvalue weighted by atomic mass is 32.2. The standard InChI is InChI=1S/C24H26F2N3O5S/c25-24(26,15-17-7-4-5-10-19(17)23(27)32)13-12-22(31)29(20-11-6-14-28-16-21(20)30)35(33,34)18-8-2-1-3-9-18/h1-5,7-10,12,20,28H,6,11,13-16H2,(H2,27,32)/t20-/m0/s1. The highest BCUT2D eigenvalue weighted by molar-refractivity contribution is 7.89. The topological polar surface area (TPSA) is 127 Å². The maximum Gasteiger partial charge on any atom is 0.267 e. The number of Topliss-reactive ketones (excluding diaryl/α,β-unsaturated/α-hetero) is 1. The first-order valence-electron chi connectivity index (χ1n) is 11.0. The van der Waals surface area contributed by atoms with Crippen LogP contribution in [-0.4, -0.2) is 55.4 Å². The average molecular weight is 507 g/mol. The quantitative estimate of drug-likeness (QED) is 0.536. The zero-order chi connectivity index (χ0) is 25.6. The van der Waals surface area contributed by atoms with Gasteiger partial charge in [-0.25, -0.2) is 21.5 Å². The van der Waals surface area contributed by atoms with Gasteiger partial charge in [-0.05, 0) is 43.1 Å². The summed E-state index contributed by atoms with van der Waals surface area (Å²) in [6.45, 7) is 0.315. The zero-order valence-corrected chi connectivity index (χ0v) is 19.6. The molecule has 2 aromatic carbocycles. The third-order valence-corrected chi connectivity index (χ3v) is 7.43. The van der Waals surface area contributed by atoms with Crippen LogP contribution in [0.25, 0.3) is 0 Å². The Labute approximate surface area is 202 Å². The molecule has 3 N–H and O–H groups in total. The Balaban J connectivity index is 1.85. The number of primary amides is 1. The van der Waals surface area contributed by atoms with Crippen molar-refractivity contribution in [3.8, 4) is 0 Å². The molecule has 0 aliphatic carbocycles. The minimum absolute atomic E-state index is 0.00429. The van der Waals surface area contributed by atoms with E-state index >= 15 is 0 Å². The van der Waals surface area contributed by atoms with Crippen molar-refractivity contribution in [1.29, 1.82) is 0 Å². The van der Waals surface area contributed by atoms with E-state index in [1.807, 2.05) is 0 Å². The largest absolute Gasteiger partial charge is 0.366 e. The van der Waals surface area contributed by atoms with Crippen LogP contribution < -0.4 is 11.1 Å². The molecule has 2 amide bonds. The van der Waals surface area contributed by atoms with E-state index in [0.717, 1.165) is 0 Å². The highest BCUT2D eigenvalue weighted by Gasteiger charge is 2.41. The van der Waals surface area contributed by atoms with Crippen LogP contribution in [0.1, 0.15) is 35.2 Å². The summed E-state index contributed by atoms with van der Waals surface area (Å²) in [6, 6.07) is 11.3. The number of rotatable bonds is 9. The van der Waals surface area contributed by atoms with Crippen molar-refractivity contribution in [2.45, 2.75) is 42.5 Å². The summed E-state index contributed by atoms with van der Waals surface area (Å²) in [7, 11) is -4.50. The van der Waals surface area contributed by atoms with Crippen molar-refractivity contribution in [2.24, 2.45) is 5.73 Å². The maximum absolute atomic E-state index is 14.8. The van der Waals surface area contributed by atoms with E-state index < -0.39 is 52.4 Å². The second-order valence-electron chi connectivity index (χ2n) is 8.22. The van der Waals surface area contributed by atoms with Crippen LogP contribution in [0.4, 0.5) is 8.78 Å². The number of carbonyl (C=O) groups is 3. The number of amides is 2. The molecule has 1 atom stereocenters. The Morgan fingerprint density at radius 3 is 2.46 bits per heavy atom. The molecule has 0 bridgehead atoms. The Morgan fingerprint density at radius 1 is 1.11 bits per heavy atom. The minimum Gasteiger partial charge on any atom is -0.366 e. The van der Waals surface area contributed by atoms with Gasteiger partial charge in [-0.2, -0.15) is 0 Å². The molecule has 1 aliphatic rings. The SMILES string of the molecule is NC(=O)c1ccccc1CC(F)(F)C[CH]C(=O)N([C@H]1CCCNCC1=O)S(=O)(=O)c1ccccc1. The van der Waals surface area contributed by atoms with Gasteiger partial charge in [0.1, 0.15) is 6.04 Å². The monoisotopic (exact) mass is 506 g/mol. The lowest BCUT2D eigenvalue weighted by Crippen LogP contribution is -2.50. The third kappa shape index (κ3) is 6.49. The van der Waals surface area contributed by atoms with Gasteiger partial charge in [0, 0.05) is 18.4 Å². The summed E-state index contributed by atoms with van der Waals surface area (Å²) in [6.07, 6.45) is -0.907. The maximum atomic E-state index is 14.8. The van der Waals surface area contributed by atoms with Crippen molar-refractivity contribution in [3.63, 3.8) is 0 Å². The van der Waals surface area contributed by atoms with Crippen molar-refractivity contribution < 1.29 is 31.6 Å². The number of halogens is 2. The number of benzene rings is 2. The van der Waals surface area contributed by atoms with Crippen LogP contribution in [0.15, 0.2) is 59.5 Å². The molecular formula is C24H26F2N3O5S. The van der Waals surface area contributed by atoms with Crippen molar-refractivity contribution in [2.75, 3.05) is 13.1 Å². The lowest BCUT2D eigenvalue weighted by atomic mass is 9.98. The fraction of sp³-hybridized carbons (Fsp3) is 0.333. The van der Waals surface area contributed by atoms with Gasteiger partial charge in [0.15, 0.2) is 5.78 Å². The molecule has 2 aromatic rings. The number of alkyl halides is 2. The van der Waals surface area contributed by atoms with E-state index in [1.54, 1.807) is 6.07 Å². The molecule has 3 rings (SSSR count). The predicted molar refractivity (Wildman–Crippen MR) is 124 cm³/mol. The van der Waals surface area contributed by atoms with E-state index in [4.69, 9.17) is 5.73 Å². The summed E-state index contributed by atoms with van der Waals surface area (Å²) in [4.78, 5) is 37.1. The van der Waals surface area contributed by atoms with E-state index in [-0.39, 0.29) is 29.0 Å². The number of sulfonamides is 1. The molecular weight excluding hydrogens is 480 g/mol. The lowest BCUT2D eigenvalue weighted by Gasteiger charge is -2.30. The molecule has 35 heavy (non-hydrogen) atoms. The number of carbonyl (C=O) groups excluding carboxylic acids is 3. The average Bonchev–Trinajstić information content (AvgIpc) is 3.02. The number of nitrogens with one attached hydrogen (secondary N) is 1. The summed E-state index contributed by atoms with van der Waals surface area (Å²) in [5, 5.41) is 2.86. The van der Waals surface area contributed by atoms with Gasteiger partial charge in [0.25, 0.3) is 15.9 Å². The van der Waals surface area contributed by atoms with E-state index in [0.29, 0.717) is 23.7 Å². The van der Waals surface area contributed by atoms with E-state index in [2.05, 4.69) is 5.32 Å². The van der Waals surface area contributed by atoms with Crippen molar-refractivity contribution >= 4 is 27.6 Å². The molecule has 1 radical (unpaired) electrons. The molecule has 0 saturated carbocycles. The van der Waals surface area contributed by atoms with Crippen LogP contribution in [-0.2, 0) is 26.0 Å². The number of nitrogens with two attached hydrogens (primary N) is 1. The van der Waals surface area contributed by atoms with Gasteiger partial charge >= 0.3 is 0 Å². The highest BCUT2D eigenvalue weighted by Crippen LogP contribution is 2.29. The minimum atomic E-state index is -4.50. The molecule has 1 saturated heterocycles. The number of nitrogens with zero attached hydrogens (tertiary/aromatic N) is 1. The number of hydrogen-bond acceptors (Lipinski definition) is 6. The Kier molecular flexibility index (Phi) is 8.34. The fourth-order valence-corrected chi connectivity index (χ4v) is 5.49. The molecule has 8 nitrogen and oxygen atoms in total. The van der Waals surface area contributed by atoms with Crippen LogP contribution >= 0.6 is 0 Å². The second kappa shape index (κ2) is 11.0. The molecule has 1 heterocycles. The lowest BCUT2D eigenvalue weighted by molar-refractivity contribution is -0.132. The van der Waals surface area contributed by atoms with Crippen LogP contribution in [0, 0.1) is 6.42 Å². The van der Waals surface area contributed by atoms with Gasteiger partial charge in [-0.3, -0.25) is 14.4 Å². The van der Waals surface area contributed by atoms with Gasteiger partial charge in [-0.15, -0.1) is 0 Å². The Hall–Kier alpha value is -3.18. The smallest absolute Gasteiger partial charge is 0.267 e. The Morgan fingerprint density at radius 2 is 1.77 bits per heavy atom. The van der Waals surface area contributed by atoms with Crippen molar-refractivity contribution in [3.05, 3.63) is 72.1 Å². The first-order chi connectivity index (χ1) is 16.5. The van der Waals surface area contributed by atoms with Gasteiger partial charge in [0.2, 0.25) is 11.8 Å². The van der Waals surface area contributed by atoms with Crippen LogP contribution in [0.2, 0.25) is 0 Å². The van der Waals surface area contributed by atoms with E-state index in [9.17, 15) is 31.6 Å². The molecule has 1 fully saturated rings. The normalized spacial score (nSPS) is 17.0. The first-order valence-corrected chi connectivity index (χ1v) is 12.4. The van der Waals surface area contributed by atoms with Gasteiger partial charge < -0.3 is 11.1 Å². The summed E-state index contributed by atoms with van der Waals surface area (Å²) in [5.41, 5.74) is 5.19. The third-order valence-electron chi connectivity index (χ3n) is 5.61. The molecule has 0 spiro atoms. The van der Waals surface area contributed by atoms with Crippen LogP contribution in [0.5, 0.6) is 0 Å². The molecule has 0 unspecified atom stereocenters. The molecule has 0 aromatic heterocycles.